The Balaban J connectivity index is 1.84. The number of nitrogens with zero attached hydrogens (tertiary/aromatic N) is 3. The highest BCUT2D eigenvalue weighted by atomic mass is 35.5. The van der Waals surface area contributed by atoms with Gasteiger partial charge in [0, 0.05) is 18.1 Å². The fourth-order valence-electron chi connectivity index (χ4n) is 2.33. The molecular weight excluding hydrogens is 434 g/mol. The number of alkyl halides is 3. The van der Waals surface area contributed by atoms with Crippen LogP contribution in [0.1, 0.15) is 27.7 Å². The number of halogens is 5. The topological polar surface area (TPSA) is 92.9 Å². The van der Waals surface area contributed by atoms with Crippen molar-refractivity contribution in [3.63, 3.8) is 0 Å². The number of nitrogens with one attached hydrogen (secondary N) is 2. The molecule has 1 amide bonds. The first kappa shape index (κ1) is 20.9. The number of hydrogen-bond acceptors (Lipinski definition) is 6. The van der Waals surface area contributed by atoms with E-state index in [2.05, 4.69) is 25.8 Å². The first-order valence-corrected chi connectivity index (χ1v) is 8.75. The maximum absolute atomic E-state index is 13.5. The lowest BCUT2D eigenvalue weighted by molar-refractivity contribution is -0.137. The van der Waals surface area contributed by atoms with Gasteiger partial charge in [0.2, 0.25) is 11.8 Å². The average molecular weight is 446 g/mol. The van der Waals surface area contributed by atoms with Crippen LogP contribution in [0.3, 0.4) is 0 Å². The molecule has 152 valence electrons. The lowest BCUT2D eigenvalue weighted by atomic mass is 10.1. The molecule has 3 aromatic rings. The van der Waals surface area contributed by atoms with Crippen LogP contribution in [0.2, 0.25) is 10.0 Å². The molecule has 29 heavy (non-hydrogen) atoms. The van der Waals surface area contributed by atoms with Crippen LogP contribution < -0.4 is 10.6 Å². The van der Waals surface area contributed by atoms with Gasteiger partial charge in [0.25, 0.3) is 5.91 Å². The van der Waals surface area contributed by atoms with Gasteiger partial charge >= 0.3 is 6.18 Å². The van der Waals surface area contributed by atoms with Crippen LogP contribution in [0.4, 0.5) is 24.7 Å². The van der Waals surface area contributed by atoms with Crippen molar-refractivity contribution in [2.75, 3.05) is 5.32 Å². The second-order valence-corrected chi connectivity index (χ2v) is 6.60. The molecule has 1 aromatic carbocycles. The number of hydrogen-bond donors (Lipinski definition) is 2. The number of carbonyl (C=O) groups is 1. The number of pyridine rings is 1. The van der Waals surface area contributed by atoms with Gasteiger partial charge in [-0.05, 0) is 24.3 Å². The summed E-state index contributed by atoms with van der Waals surface area (Å²) in [5.41, 5.74) is -1.51. The van der Waals surface area contributed by atoms with Crippen molar-refractivity contribution < 1.29 is 22.4 Å². The van der Waals surface area contributed by atoms with Gasteiger partial charge in [-0.2, -0.15) is 13.2 Å². The Morgan fingerprint density at radius 2 is 1.97 bits per heavy atom. The fraction of sp³-hybridized carbons (Fsp3) is 0.176. The van der Waals surface area contributed by atoms with Gasteiger partial charge < -0.3 is 15.1 Å². The van der Waals surface area contributed by atoms with Gasteiger partial charge in [0.15, 0.2) is 0 Å². The molecule has 2 heterocycles. The predicted octanol–water partition coefficient (Wildman–Crippen LogP) is 4.77. The van der Waals surface area contributed by atoms with Crippen molar-refractivity contribution in [3.8, 4) is 0 Å². The van der Waals surface area contributed by atoms with Gasteiger partial charge in [-0.3, -0.25) is 4.79 Å². The summed E-state index contributed by atoms with van der Waals surface area (Å²) in [4.78, 5) is 16.1. The van der Waals surface area contributed by atoms with E-state index in [-0.39, 0.29) is 29.2 Å². The second-order valence-electron chi connectivity index (χ2n) is 5.76. The molecule has 0 saturated heterocycles. The van der Waals surface area contributed by atoms with E-state index in [0.717, 1.165) is 12.3 Å². The molecule has 0 aliphatic carbocycles. The van der Waals surface area contributed by atoms with Crippen molar-refractivity contribution >= 4 is 40.6 Å². The first-order valence-electron chi connectivity index (χ1n) is 8.00. The molecule has 2 aromatic heterocycles. The van der Waals surface area contributed by atoms with Crippen LogP contribution in [0, 0.1) is 6.92 Å². The fourth-order valence-corrected chi connectivity index (χ4v) is 2.78. The second kappa shape index (κ2) is 8.26. The van der Waals surface area contributed by atoms with Gasteiger partial charge in [0.1, 0.15) is 5.82 Å². The van der Waals surface area contributed by atoms with E-state index in [1.165, 1.54) is 18.2 Å². The zero-order chi connectivity index (χ0) is 21.2. The summed E-state index contributed by atoms with van der Waals surface area (Å²) in [6, 6.07) is 5.15. The Morgan fingerprint density at radius 3 is 2.59 bits per heavy atom. The summed E-state index contributed by atoms with van der Waals surface area (Å²) in [5, 5.41) is 12.8. The molecule has 0 aliphatic heterocycles. The summed E-state index contributed by atoms with van der Waals surface area (Å²) >= 11 is 11.8. The quantitative estimate of drug-likeness (QED) is 0.587. The molecule has 2 N–H and O–H groups in total. The normalized spacial score (nSPS) is 11.4. The maximum atomic E-state index is 13.5. The Kier molecular flexibility index (Phi) is 5.94. The number of amides is 1. The summed E-state index contributed by atoms with van der Waals surface area (Å²) in [5.74, 6) is -0.807. The molecule has 0 spiro atoms. The number of anilines is 2. The van der Waals surface area contributed by atoms with Crippen molar-refractivity contribution in [1.29, 1.82) is 0 Å². The highest BCUT2D eigenvalue weighted by molar-refractivity contribution is 6.36. The van der Waals surface area contributed by atoms with Gasteiger partial charge in [0.05, 0.1) is 28.4 Å². The maximum Gasteiger partial charge on any atom is 0.417 e. The first-order chi connectivity index (χ1) is 13.6. The van der Waals surface area contributed by atoms with E-state index in [1.54, 1.807) is 6.92 Å². The monoisotopic (exact) mass is 445 g/mol. The van der Waals surface area contributed by atoms with Crippen molar-refractivity contribution in [2.24, 2.45) is 0 Å². The van der Waals surface area contributed by atoms with E-state index in [4.69, 9.17) is 27.6 Å². The standard InChI is InChI=1S/C17H12Cl2F3N5O2/c1-8-26-27-15(29-8)7-24-16(28)10-6-23-14(5-11(10)17(20,21)22)25-13-3-2-9(18)4-12(13)19/h2-6H,7H2,1H3,(H,23,25)(H,24,28). The number of carbonyl (C=O) groups excluding carboxylic acids is 1. The van der Waals surface area contributed by atoms with E-state index < -0.39 is 23.2 Å². The number of aryl methyl sites for hydroxylation is 1. The molecule has 3 rings (SSSR count). The third-order valence-electron chi connectivity index (χ3n) is 3.62. The van der Waals surface area contributed by atoms with E-state index >= 15 is 0 Å². The molecular formula is C17H12Cl2F3N5O2. The van der Waals surface area contributed by atoms with Gasteiger partial charge in [-0.25, -0.2) is 4.98 Å². The van der Waals surface area contributed by atoms with Crippen LogP contribution in [0.5, 0.6) is 0 Å². The van der Waals surface area contributed by atoms with E-state index in [0.29, 0.717) is 10.7 Å². The molecule has 0 bridgehead atoms. The molecule has 0 saturated carbocycles. The lowest BCUT2D eigenvalue weighted by Gasteiger charge is -2.15. The minimum Gasteiger partial charge on any atom is -0.424 e. The van der Waals surface area contributed by atoms with Crippen molar-refractivity contribution in [1.82, 2.24) is 20.5 Å². The summed E-state index contributed by atoms with van der Waals surface area (Å²) < 4.78 is 45.6. The number of aromatic nitrogens is 3. The summed E-state index contributed by atoms with van der Waals surface area (Å²) in [7, 11) is 0. The van der Waals surface area contributed by atoms with Gasteiger partial charge in [-0.15, -0.1) is 10.2 Å². The predicted molar refractivity (Wildman–Crippen MR) is 99.2 cm³/mol. The lowest BCUT2D eigenvalue weighted by Crippen LogP contribution is -2.26. The van der Waals surface area contributed by atoms with Crippen molar-refractivity contribution in [3.05, 3.63) is 63.4 Å². The molecule has 0 fully saturated rings. The summed E-state index contributed by atoms with van der Waals surface area (Å²) in [6.07, 6.45) is -3.97. The third-order valence-corrected chi connectivity index (χ3v) is 4.16. The molecule has 0 radical (unpaired) electrons. The Hall–Kier alpha value is -2.85. The number of benzene rings is 1. The minimum atomic E-state index is -4.79. The number of rotatable bonds is 5. The van der Waals surface area contributed by atoms with Crippen LogP contribution >= 0.6 is 23.2 Å². The Morgan fingerprint density at radius 1 is 1.21 bits per heavy atom. The molecule has 12 heteroatoms. The zero-order valence-corrected chi connectivity index (χ0v) is 16.2. The van der Waals surface area contributed by atoms with Crippen LogP contribution in [0.15, 0.2) is 34.9 Å². The SMILES string of the molecule is Cc1nnc(CNC(=O)c2cnc(Nc3ccc(Cl)cc3Cl)cc2C(F)(F)F)o1. The largest absolute Gasteiger partial charge is 0.424 e. The zero-order valence-electron chi connectivity index (χ0n) is 14.6. The molecule has 7 nitrogen and oxygen atoms in total. The molecule has 0 aliphatic rings. The Bertz CT molecular complexity index is 1060. The van der Waals surface area contributed by atoms with Crippen molar-refractivity contribution in [2.45, 2.75) is 19.6 Å². The Labute approximate surface area is 172 Å². The van der Waals surface area contributed by atoms with Gasteiger partial charge in [-0.1, -0.05) is 23.2 Å². The third kappa shape index (κ3) is 5.15. The van der Waals surface area contributed by atoms with Crippen LogP contribution in [-0.2, 0) is 12.7 Å². The van der Waals surface area contributed by atoms with E-state index in [1.807, 2.05) is 0 Å². The van der Waals surface area contributed by atoms with Crippen LogP contribution in [0.25, 0.3) is 0 Å². The molecule has 0 atom stereocenters. The smallest absolute Gasteiger partial charge is 0.417 e. The highest BCUT2D eigenvalue weighted by Crippen LogP contribution is 2.34. The average Bonchev–Trinajstić information content (AvgIpc) is 3.06. The highest BCUT2D eigenvalue weighted by Gasteiger charge is 2.36. The summed E-state index contributed by atoms with van der Waals surface area (Å²) in [6.45, 7) is 1.32. The minimum absolute atomic E-state index is 0.0630. The van der Waals surface area contributed by atoms with Crippen LogP contribution in [-0.4, -0.2) is 21.1 Å². The van der Waals surface area contributed by atoms with E-state index in [9.17, 15) is 18.0 Å². The molecule has 0 unspecified atom stereocenters.